The van der Waals surface area contributed by atoms with E-state index in [9.17, 15) is 35.9 Å². The summed E-state index contributed by atoms with van der Waals surface area (Å²) in [5, 5.41) is 15.4. The highest BCUT2D eigenvalue weighted by Gasteiger charge is 2.34. The van der Waals surface area contributed by atoms with E-state index in [4.69, 9.17) is 5.11 Å². The van der Waals surface area contributed by atoms with E-state index in [-0.39, 0.29) is 23.2 Å². The Morgan fingerprint density at radius 3 is 2.06 bits per heavy atom. The van der Waals surface area contributed by atoms with Crippen LogP contribution in [0.15, 0.2) is 30.6 Å². The number of carboxylic acid groups (broad SMARTS) is 1. The molecule has 0 bridgehead atoms. The lowest BCUT2D eigenvalue weighted by atomic mass is 10.1. The molecule has 2 heterocycles. The van der Waals surface area contributed by atoms with Gasteiger partial charge in [-0.25, -0.2) is 19.7 Å². The van der Waals surface area contributed by atoms with Gasteiger partial charge in [-0.15, -0.1) is 31.4 Å². The zero-order valence-electron chi connectivity index (χ0n) is 18.0. The van der Waals surface area contributed by atoms with E-state index >= 15 is 0 Å². The Bertz CT molecular complexity index is 1240. The number of rotatable bonds is 7. The van der Waals surface area contributed by atoms with Gasteiger partial charge in [-0.05, 0) is 26.0 Å². The van der Waals surface area contributed by atoms with Gasteiger partial charge in [-0.1, -0.05) is 0 Å². The number of carbonyl (C=O) groups is 2. The molecule has 0 aliphatic rings. The number of aromatic carboxylic acids is 1. The standard InChI is InChI=1S/C19H14F6N6O5/c1-8(15-29-9(2)30-31(15)14-7-26-13(6-27-14)17(33)34)28-16(32)10-3-11(35-18(20,21)22)5-12(4-10)36-19(23,24)25/h3-8H,1-2H3,(H,28,32)(H,33,34)/t8-/m0/s1. The Hall–Kier alpha value is -4.44. The van der Waals surface area contributed by atoms with Crippen LogP contribution in [0.4, 0.5) is 26.3 Å². The summed E-state index contributed by atoms with van der Waals surface area (Å²) in [7, 11) is 0. The van der Waals surface area contributed by atoms with E-state index in [0.717, 1.165) is 17.1 Å². The van der Waals surface area contributed by atoms with E-state index < -0.39 is 47.7 Å². The number of amides is 1. The second-order valence-corrected chi connectivity index (χ2v) is 6.98. The molecule has 0 radical (unpaired) electrons. The summed E-state index contributed by atoms with van der Waals surface area (Å²) < 4.78 is 84.0. The maximum Gasteiger partial charge on any atom is 0.573 e. The van der Waals surface area contributed by atoms with E-state index in [2.05, 4.69) is 34.8 Å². The fourth-order valence-electron chi connectivity index (χ4n) is 2.85. The molecule has 1 amide bonds. The lowest BCUT2D eigenvalue weighted by molar-refractivity contribution is -0.276. The van der Waals surface area contributed by atoms with Gasteiger partial charge in [-0.3, -0.25) is 4.79 Å². The molecule has 2 N–H and O–H groups in total. The molecule has 0 unspecified atom stereocenters. The number of benzene rings is 1. The molecule has 1 aromatic carbocycles. The van der Waals surface area contributed by atoms with Gasteiger partial charge in [0.25, 0.3) is 5.91 Å². The normalized spacial score (nSPS) is 12.7. The average Bonchev–Trinajstić information content (AvgIpc) is 3.13. The Kier molecular flexibility index (Phi) is 7.03. The number of halogens is 6. The minimum Gasteiger partial charge on any atom is -0.476 e. The molecule has 0 aliphatic carbocycles. The van der Waals surface area contributed by atoms with Gasteiger partial charge in [0.1, 0.15) is 17.3 Å². The van der Waals surface area contributed by atoms with Crippen molar-refractivity contribution in [2.75, 3.05) is 0 Å². The lowest BCUT2D eigenvalue weighted by Gasteiger charge is -2.16. The molecule has 0 saturated carbocycles. The van der Waals surface area contributed by atoms with Crippen molar-refractivity contribution in [3.63, 3.8) is 0 Å². The van der Waals surface area contributed by atoms with Crippen molar-refractivity contribution >= 4 is 11.9 Å². The number of ether oxygens (including phenoxy) is 2. The highest BCUT2D eigenvalue weighted by atomic mass is 19.4. The van der Waals surface area contributed by atoms with Gasteiger partial charge in [-0.2, -0.15) is 4.68 Å². The third-order valence-electron chi connectivity index (χ3n) is 4.16. The van der Waals surface area contributed by atoms with Crippen LogP contribution in [-0.4, -0.2) is 54.4 Å². The third kappa shape index (κ3) is 6.80. The molecule has 36 heavy (non-hydrogen) atoms. The number of carboxylic acids is 1. The highest BCUT2D eigenvalue weighted by molar-refractivity contribution is 5.95. The van der Waals surface area contributed by atoms with Gasteiger partial charge in [0.05, 0.1) is 18.4 Å². The minimum atomic E-state index is -5.25. The maximum absolute atomic E-state index is 12.7. The smallest absolute Gasteiger partial charge is 0.476 e. The predicted molar refractivity (Wildman–Crippen MR) is 104 cm³/mol. The van der Waals surface area contributed by atoms with Crippen LogP contribution < -0.4 is 14.8 Å². The molecule has 0 saturated heterocycles. The molecule has 17 heteroatoms. The van der Waals surface area contributed by atoms with Crippen molar-refractivity contribution in [2.45, 2.75) is 32.6 Å². The Morgan fingerprint density at radius 2 is 1.58 bits per heavy atom. The summed E-state index contributed by atoms with van der Waals surface area (Å²) in [5.74, 6) is -4.37. The topological polar surface area (TPSA) is 141 Å². The summed E-state index contributed by atoms with van der Waals surface area (Å²) in [6.45, 7) is 2.90. The molecule has 1 atom stereocenters. The van der Waals surface area contributed by atoms with Crippen molar-refractivity contribution in [1.29, 1.82) is 0 Å². The van der Waals surface area contributed by atoms with Gasteiger partial charge in [0, 0.05) is 11.6 Å². The van der Waals surface area contributed by atoms with Crippen LogP contribution >= 0.6 is 0 Å². The number of aryl methyl sites for hydroxylation is 1. The monoisotopic (exact) mass is 520 g/mol. The quantitative estimate of drug-likeness (QED) is 0.449. The molecule has 11 nitrogen and oxygen atoms in total. The summed E-state index contributed by atoms with van der Waals surface area (Å²) in [4.78, 5) is 35.4. The van der Waals surface area contributed by atoms with E-state index in [1.165, 1.54) is 13.8 Å². The van der Waals surface area contributed by atoms with Crippen LogP contribution in [0.2, 0.25) is 0 Å². The summed E-state index contributed by atoms with van der Waals surface area (Å²) in [6.07, 6.45) is -8.46. The molecular weight excluding hydrogens is 506 g/mol. The first kappa shape index (κ1) is 26.2. The summed E-state index contributed by atoms with van der Waals surface area (Å²) in [5.41, 5.74) is -0.993. The van der Waals surface area contributed by atoms with Crippen molar-refractivity contribution < 1.29 is 50.5 Å². The van der Waals surface area contributed by atoms with Crippen molar-refractivity contribution in [3.05, 3.63) is 53.5 Å². The Labute approximate surface area is 196 Å². The first-order valence-electron chi connectivity index (χ1n) is 9.58. The molecule has 0 fully saturated rings. The summed E-state index contributed by atoms with van der Waals surface area (Å²) in [6, 6.07) is 0.454. The Balaban J connectivity index is 1.89. The van der Waals surface area contributed by atoms with Gasteiger partial charge >= 0.3 is 18.7 Å². The molecule has 192 valence electrons. The summed E-state index contributed by atoms with van der Waals surface area (Å²) >= 11 is 0. The van der Waals surface area contributed by atoms with Crippen molar-refractivity contribution in [3.8, 4) is 17.3 Å². The fraction of sp³-hybridized carbons (Fsp3) is 0.263. The molecule has 2 aromatic heterocycles. The van der Waals surface area contributed by atoms with Crippen LogP contribution in [0.25, 0.3) is 5.82 Å². The number of hydrogen-bond acceptors (Lipinski definition) is 8. The highest BCUT2D eigenvalue weighted by Crippen LogP contribution is 2.31. The number of aromatic nitrogens is 5. The van der Waals surface area contributed by atoms with Crippen LogP contribution in [0, 0.1) is 6.92 Å². The first-order chi connectivity index (χ1) is 16.6. The number of alkyl halides is 6. The lowest BCUT2D eigenvalue weighted by Crippen LogP contribution is -2.29. The van der Waals surface area contributed by atoms with Crippen LogP contribution in [0.3, 0.4) is 0 Å². The van der Waals surface area contributed by atoms with Gasteiger partial charge < -0.3 is 19.9 Å². The number of nitrogens with one attached hydrogen (secondary N) is 1. The zero-order chi connectivity index (χ0) is 26.8. The van der Waals surface area contributed by atoms with Gasteiger partial charge in [0.15, 0.2) is 17.3 Å². The predicted octanol–water partition coefficient (Wildman–Crippen LogP) is 3.35. The maximum atomic E-state index is 12.7. The third-order valence-corrected chi connectivity index (χ3v) is 4.16. The van der Waals surface area contributed by atoms with Crippen molar-refractivity contribution in [1.82, 2.24) is 30.0 Å². The Morgan fingerprint density at radius 1 is 1.00 bits per heavy atom. The molecule has 3 rings (SSSR count). The van der Waals surface area contributed by atoms with Crippen LogP contribution in [0.5, 0.6) is 11.5 Å². The number of carbonyl (C=O) groups excluding carboxylic acids is 1. The van der Waals surface area contributed by atoms with E-state index in [0.29, 0.717) is 18.2 Å². The molecule has 0 aliphatic heterocycles. The minimum absolute atomic E-state index is 0.0261. The second-order valence-electron chi connectivity index (χ2n) is 6.98. The fourth-order valence-corrected chi connectivity index (χ4v) is 2.85. The van der Waals surface area contributed by atoms with Gasteiger partial charge in [0.2, 0.25) is 0 Å². The zero-order valence-corrected chi connectivity index (χ0v) is 18.0. The van der Waals surface area contributed by atoms with Crippen molar-refractivity contribution in [2.24, 2.45) is 0 Å². The first-order valence-corrected chi connectivity index (χ1v) is 9.58. The SMILES string of the molecule is Cc1nc([C@H](C)NC(=O)c2cc(OC(F)(F)F)cc(OC(F)(F)F)c2)n(-c2cnc(C(=O)O)cn2)n1. The number of hydrogen-bond donors (Lipinski definition) is 2. The molecular formula is C19H14F6N6O5. The number of nitrogens with zero attached hydrogens (tertiary/aromatic N) is 5. The van der Waals surface area contributed by atoms with E-state index in [1.54, 1.807) is 0 Å². The molecule has 0 spiro atoms. The van der Waals surface area contributed by atoms with E-state index in [1.807, 2.05) is 0 Å². The van der Waals surface area contributed by atoms with Crippen LogP contribution in [-0.2, 0) is 0 Å². The molecule has 3 aromatic rings. The average molecular weight is 520 g/mol. The van der Waals surface area contributed by atoms with Crippen LogP contribution in [0.1, 0.15) is 45.5 Å². The largest absolute Gasteiger partial charge is 0.573 e. The second kappa shape index (κ2) is 9.67.